The van der Waals surface area contributed by atoms with Crippen LogP contribution in [0.25, 0.3) is 0 Å². The van der Waals surface area contributed by atoms with Crippen molar-refractivity contribution in [2.75, 3.05) is 32.7 Å². The molecule has 0 bridgehead atoms. The third-order valence-corrected chi connectivity index (χ3v) is 4.56. The van der Waals surface area contributed by atoms with Crippen LogP contribution in [0.4, 0.5) is 13.2 Å². The minimum Gasteiger partial charge on any atom is -0.315 e. The van der Waals surface area contributed by atoms with Gasteiger partial charge in [-0.15, -0.1) is 0 Å². The van der Waals surface area contributed by atoms with E-state index in [2.05, 4.69) is 10.2 Å². The van der Waals surface area contributed by atoms with E-state index in [1.807, 2.05) is 0 Å². The van der Waals surface area contributed by atoms with Gasteiger partial charge in [-0.25, -0.2) is 0 Å². The molecule has 0 spiro atoms. The smallest absolute Gasteiger partial charge is 0.315 e. The van der Waals surface area contributed by atoms with Gasteiger partial charge in [-0.1, -0.05) is 12.8 Å². The topological polar surface area (TPSA) is 15.3 Å². The van der Waals surface area contributed by atoms with Crippen LogP contribution in [0.2, 0.25) is 0 Å². The summed E-state index contributed by atoms with van der Waals surface area (Å²) in [6.07, 6.45) is 1.94. The van der Waals surface area contributed by atoms with Gasteiger partial charge in [0, 0.05) is 13.1 Å². The van der Waals surface area contributed by atoms with Gasteiger partial charge in [0.25, 0.3) is 0 Å². The fourth-order valence-corrected chi connectivity index (χ4v) is 3.24. The van der Waals surface area contributed by atoms with Gasteiger partial charge in [0.05, 0.1) is 5.92 Å². The van der Waals surface area contributed by atoms with Gasteiger partial charge in [-0.05, 0) is 51.2 Å². The first-order chi connectivity index (χ1) is 9.05. The summed E-state index contributed by atoms with van der Waals surface area (Å²) in [5.41, 5.74) is 0. The SMILES string of the molecule is FC(F)(F)C1CCN(CCNCC2CCCC2)CC1. The van der Waals surface area contributed by atoms with Crippen LogP contribution in [0.5, 0.6) is 0 Å². The fraction of sp³-hybridized carbons (Fsp3) is 1.00. The highest BCUT2D eigenvalue weighted by Gasteiger charge is 2.40. The maximum atomic E-state index is 12.5. The van der Waals surface area contributed by atoms with E-state index < -0.39 is 12.1 Å². The average Bonchev–Trinajstić information content (AvgIpc) is 2.87. The zero-order valence-corrected chi connectivity index (χ0v) is 11.5. The molecular formula is C14H25F3N2. The third kappa shape index (κ3) is 4.95. The molecule has 1 aliphatic carbocycles. The second-order valence-corrected chi connectivity index (χ2v) is 6.01. The first-order valence-electron chi connectivity index (χ1n) is 7.55. The number of piperidine rings is 1. The lowest BCUT2D eigenvalue weighted by molar-refractivity contribution is -0.184. The Kier molecular flexibility index (Phi) is 5.51. The van der Waals surface area contributed by atoms with Crippen LogP contribution >= 0.6 is 0 Å². The highest BCUT2D eigenvalue weighted by Crippen LogP contribution is 2.33. The highest BCUT2D eigenvalue weighted by atomic mass is 19.4. The maximum Gasteiger partial charge on any atom is 0.391 e. The molecule has 1 saturated heterocycles. The van der Waals surface area contributed by atoms with Crippen LogP contribution in [0, 0.1) is 11.8 Å². The van der Waals surface area contributed by atoms with E-state index in [0.29, 0.717) is 13.1 Å². The Labute approximate surface area is 113 Å². The Morgan fingerprint density at radius 2 is 1.63 bits per heavy atom. The van der Waals surface area contributed by atoms with E-state index in [0.717, 1.165) is 25.6 Å². The van der Waals surface area contributed by atoms with E-state index in [-0.39, 0.29) is 12.8 Å². The summed E-state index contributed by atoms with van der Waals surface area (Å²) < 4.78 is 37.6. The van der Waals surface area contributed by atoms with Crippen molar-refractivity contribution in [3.63, 3.8) is 0 Å². The molecule has 1 saturated carbocycles. The van der Waals surface area contributed by atoms with Gasteiger partial charge in [-0.3, -0.25) is 0 Å². The molecule has 0 atom stereocenters. The lowest BCUT2D eigenvalue weighted by Gasteiger charge is -2.32. The summed E-state index contributed by atoms with van der Waals surface area (Å²) in [5.74, 6) is -0.244. The van der Waals surface area contributed by atoms with Crippen molar-refractivity contribution >= 4 is 0 Å². The Morgan fingerprint density at radius 1 is 1.00 bits per heavy atom. The second kappa shape index (κ2) is 6.93. The van der Waals surface area contributed by atoms with Crippen molar-refractivity contribution in [1.82, 2.24) is 10.2 Å². The molecule has 0 unspecified atom stereocenters. The molecule has 0 aromatic rings. The van der Waals surface area contributed by atoms with Crippen LogP contribution in [-0.2, 0) is 0 Å². The molecule has 112 valence electrons. The number of halogens is 3. The lowest BCUT2D eigenvalue weighted by atomic mass is 9.96. The predicted molar refractivity (Wildman–Crippen MR) is 70.0 cm³/mol. The molecule has 0 radical (unpaired) electrons. The van der Waals surface area contributed by atoms with Crippen LogP contribution in [0.3, 0.4) is 0 Å². The first-order valence-corrected chi connectivity index (χ1v) is 7.55. The van der Waals surface area contributed by atoms with E-state index in [4.69, 9.17) is 0 Å². The quantitative estimate of drug-likeness (QED) is 0.778. The zero-order valence-electron chi connectivity index (χ0n) is 11.5. The molecule has 0 aromatic carbocycles. The largest absolute Gasteiger partial charge is 0.391 e. The fourth-order valence-electron chi connectivity index (χ4n) is 3.24. The Morgan fingerprint density at radius 3 is 2.21 bits per heavy atom. The number of hydrogen-bond acceptors (Lipinski definition) is 2. The number of nitrogens with one attached hydrogen (secondary N) is 1. The summed E-state index contributed by atoms with van der Waals surface area (Å²) in [5, 5.41) is 3.45. The average molecular weight is 278 g/mol. The molecule has 5 heteroatoms. The van der Waals surface area contributed by atoms with Crippen molar-refractivity contribution in [1.29, 1.82) is 0 Å². The Hall–Kier alpha value is -0.290. The molecule has 0 amide bonds. The van der Waals surface area contributed by atoms with Crippen molar-refractivity contribution < 1.29 is 13.2 Å². The molecule has 2 rings (SSSR count). The van der Waals surface area contributed by atoms with Gasteiger partial charge >= 0.3 is 6.18 Å². The minimum absolute atomic E-state index is 0.270. The van der Waals surface area contributed by atoms with Crippen molar-refractivity contribution in [3.8, 4) is 0 Å². The monoisotopic (exact) mass is 278 g/mol. The molecule has 2 aliphatic rings. The van der Waals surface area contributed by atoms with Gasteiger partial charge in [-0.2, -0.15) is 13.2 Å². The van der Waals surface area contributed by atoms with Crippen molar-refractivity contribution in [3.05, 3.63) is 0 Å². The van der Waals surface area contributed by atoms with Gasteiger partial charge < -0.3 is 10.2 Å². The molecule has 2 fully saturated rings. The summed E-state index contributed by atoms with van der Waals surface area (Å²) in [6, 6.07) is 0. The molecule has 1 heterocycles. The number of rotatable bonds is 5. The van der Waals surface area contributed by atoms with E-state index in [9.17, 15) is 13.2 Å². The highest BCUT2D eigenvalue weighted by molar-refractivity contribution is 4.77. The molecule has 0 aromatic heterocycles. The maximum absolute atomic E-state index is 12.5. The van der Waals surface area contributed by atoms with E-state index in [1.54, 1.807) is 0 Å². The Balaban J connectivity index is 1.53. The van der Waals surface area contributed by atoms with Gasteiger partial charge in [0.2, 0.25) is 0 Å². The van der Waals surface area contributed by atoms with Crippen LogP contribution in [0.1, 0.15) is 38.5 Å². The number of alkyl halides is 3. The predicted octanol–water partition coefficient (Wildman–Crippen LogP) is 3.04. The van der Waals surface area contributed by atoms with Crippen LogP contribution < -0.4 is 5.32 Å². The van der Waals surface area contributed by atoms with Gasteiger partial charge in [0.1, 0.15) is 0 Å². The standard InChI is InChI=1S/C14H25F3N2/c15-14(16,17)13-5-8-19(9-6-13)10-7-18-11-12-3-1-2-4-12/h12-13,18H,1-11H2. The summed E-state index contributed by atoms with van der Waals surface area (Å²) in [4.78, 5) is 2.16. The summed E-state index contributed by atoms with van der Waals surface area (Å²) >= 11 is 0. The molecule has 19 heavy (non-hydrogen) atoms. The normalized spacial score (nSPS) is 24.2. The Bertz CT molecular complexity index is 254. The lowest BCUT2D eigenvalue weighted by Crippen LogP contribution is -2.42. The minimum atomic E-state index is -3.99. The number of nitrogens with zero attached hydrogens (tertiary/aromatic N) is 1. The molecular weight excluding hydrogens is 253 g/mol. The van der Waals surface area contributed by atoms with Crippen molar-refractivity contribution in [2.45, 2.75) is 44.7 Å². The second-order valence-electron chi connectivity index (χ2n) is 6.01. The summed E-state index contributed by atoms with van der Waals surface area (Å²) in [6.45, 7) is 4.06. The number of likely N-dealkylation sites (tertiary alicyclic amines) is 1. The zero-order chi connectivity index (χ0) is 13.7. The van der Waals surface area contributed by atoms with Crippen molar-refractivity contribution in [2.24, 2.45) is 11.8 Å². The number of hydrogen-bond donors (Lipinski definition) is 1. The van der Waals surface area contributed by atoms with E-state index in [1.165, 1.54) is 25.7 Å². The van der Waals surface area contributed by atoms with E-state index >= 15 is 0 Å². The molecule has 2 nitrogen and oxygen atoms in total. The summed E-state index contributed by atoms with van der Waals surface area (Å²) in [7, 11) is 0. The van der Waals surface area contributed by atoms with Gasteiger partial charge in [0.15, 0.2) is 0 Å². The third-order valence-electron chi connectivity index (χ3n) is 4.56. The molecule has 1 N–H and O–H groups in total. The first kappa shape index (κ1) is 15.1. The van der Waals surface area contributed by atoms with Crippen LogP contribution in [0.15, 0.2) is 0 Å². The van der Waals surface area contributed by atoms with Crippen LogP contribution in [-0.4, -0.2) is 43.8 Å². The molecule has 1 aliphatic heterocycles.